The van der Waals surface area contributed by atoms with Crippen molar-refractivity contribution in [2.75, 3.05) is 13.1 Å². The second-order valence-corrected chi connectivity index (χ2v) is 6.48. The summed E-state index contributed by atoms with van der Waals surface area (Å²) in [6, 6.07) is 8.37. The third-order valence-electron chi connectivity index (χ3n) is 3.75. The van der Waals surface area contributed by atoms with Crippen LogP contribution >= 0.6 is 11.3 Å². The van der Waals surface area contributed by atoms with E-state index in [0.29, 0.717) is 6.54 Å². The molecule has 1 saturated heterocycles. The van der Waals surface area contributed by atoms with Gasteiger partial charge in [0.05, 0.1) is 4.88 Å². The van der Waals surface area contributed by atoms with Crippen LogP contribution in [0.2, 0.25) is 0 Å². The zero-order valence-corrected chi connectivity index (χ0v) is 12.6. The Morgan fingerprint density at radius 3 is 2.71 bits per heavy atom. The van der Waals surface area contributed by atoms with E-state index < -0.39 is 0 Å². The van der Waals surface area contributed by atoms with Gasteiger partial charge in [0.1, 0.15) is 5.82 Å². The number of rotatable bonds is 2. The van der Waals surface area contributed by atoms with E-state index in [1.54, 1.807) is 12.1 Å². The Balaban J connectivity index is 1.87. The van der Waals surface area contributed by atoms with Crippen LogP contribution in [-0.2, 0) is 0 Å². The molecular formula is C16H17FN2OS. The Bertz CT molecular complexity index is 665. The lowest BCUT2D eigenvalue weighted by Gasteiger charge is -2.14. The van der Waals surface area contributed by atoms with Gasteiger partial charge in [-0.3, -0.25) is 4.79 Å². The Morgan fingerprint density at radius 2 is 2.10 bits per heavy atom. The Morgan fingerprint density at radius 1 is 1.38 bits per heavy atom. The molecule has 0 saturated carbocycles. The van der Waals surface area contributed by atoms with Gasteiger partial charge in [0.2, 0.25) is 0 Å². The fraction of sp³-hybridized carbons (Fsp3) is 0.312. The van der Waals surface area contributed by atoms with Gasteiger partial charge in [-0.15, -0.1) is 11.3 Å². The van der Waals surface area contributed by atoms with Crippen molar-refractivity contribution in [3.05, 3.63) is 46.6 Å². The average molecular weight is 304 g/mol. The smallest absolute Gasteiger partial charge is 0.264 e. The number of carbonyl (C=O) groups excluding carboxylic acids is 1. The molecule has 1 fully saturated rings. The van der Waals surface area contributed by atoms with E-state index in [1.165, 1.54) is 23.5 Å². The van der Waals surface area contributed by atoms with Crippen molar-refractivity contribution in [2.45, 2.75) is 19.4 Å². The zero-order valence-electron chi connectivity index (χ0n) is 11.8. The van der Waals surface area contributed by atoms with Crippen molar-refractivity contribution < 1.29 is 9.18 Å². The molecule has 1 aromatic heterocycles. The topological polar surface area (TPSA) is 46.3 Å². The third-order valence-corrected chi connectivity index (χ3v) is 5.02. The Labute approximate surface area is 127 Å². The molecule has 2 aromatic rings. The lowest BCUT2D eigenvalue weighted by Crippen LogP contribution is -2.31. The number of carbonyl (C=O) groups is 1. The standard InChI is InChI=1S/C16H17FN2OS/c1-10-8-14(16(20)19-7-6-13(18)9-19)21-15(10)11-2-4-12(17)5-3-11/h2-5,8,13H,6-7,9,18H2,1H3. The number of hydrogen-bond donors (Lipinski definition) is 1. The minimum atomic E-state index is -0.254. The van der Waals surface area contributed by atoms with E-state index in [0.717, 1.165) is 33.8 Å². The highest BCUT2D eigenvalue weighted by Crippen LogP contribution is 2.33. The van der Waals surface area contributed by atoms with E-state index in [9.17, 15) is 9.18 Å². The summed E-state index contributed by atoms with van der Waals surface area (Å²) in [6.45, 7) is 3.33. The molecule has 0 aliphatic carbocycles. The molecule has 5 heteroatoms. The molecule has 0 radical (unpaired) electrons. The summed E-state index contributed by atoms with van der Waals surface area (Å²) in [5.74, 6) is -0.209. The number of aryl methyl sites for hydroxylation is 1. The predicted octanol–water partition coefficient (Wildman–Crippen LogP) is 3.04. The van der Waals surface area contributed by atoms with Gasteiger partial charge in [-0.25, -0.2) is 4.39 Å². The number of likely N-dealkylation sites (tertiary alicyclic amines) is 1. The van der Waals surface area contributed by atoms with Gasteiger partial charge in [0, 0.05) is 24.0 Å². The summed E-state index contributed by atoms with van der Waals surface area (Å²) < 4.78 is 13.0. The molecule has 0 bridgehead atoms. The van der Waals surface area contributed by atoms with Gasteiger partial charge in [-0.05, 0) is 42.7 Å². The van der Waals surface area contributed by atoms with Crippen LogP contribution in [0.1, 0.15) is 21.7 Å². The van der Waals surface area contributed by atoms with Crippen molar-refractivity contribution in [1.82, 2.24) is 4.90 Å². The molecule has 1 amide bonds. The van der Waals surface area contributed by atoms with Crippen molar-refractivity contribution in [3.8, 4) is 10.4 Å². The second-order valence-electron chi connectivity index (χ2n) is 5.43. The monoisotopic (exact) mass is 304 g/mol. The van der Waals surface area contributed by atoms with Crippen molar-refractivity contribution in [2.24, 2.45) is 5.73 Å². The quantitative estimate of drug-likeness (QED) is 0.927. The second kappa shape index (κ2) is 5.58. The highest BCUT2D eigenvalue weighted by atomic mass is 32.1. The highest BCUT2D eigenvalue weighted by molar-refractivity contribution is 7.17. The van der Waals surface area contributed by atoms with Crippen LogP contribution in [-0.4, -0.2) is 29.9 Å². The van der Waals surface area contributed by atoms with Crippen molar-refractivity contribution in [1.29, 1.82) is 0 Å². The molecule has 1 aliphatic heterocycles. The minimum absolute atomic E-state index is 0.0458. The fourth-order valence-electron chi connectivity index (χ4n) is 2.60. The lowest BCUT2D eigenvalue weighted by atomic mass is 10.1. The third kappa shape index (κ3) is 2.84. The van der Waals surface area contributed by atoms with E-state index in [-0.39, 0.29) is 17.8 Å². The first-order valence-corrected chi connectivity index (χ1v) is 7.77. The van der Waals surface area contributed by atoms with Crippen LogP contribution < -0.4 is 5.73 Å². The van der Waals surface area contributed by atoms with Crippen molar-refractivity contribution in [3.63, 3.8) is 0 Å². The van der Waals surface area contributed by atoms with Gasteiger partial charge in [0.15, 0.2) is 0 Å². The molecule has 1 unspecified atom stereocenters. The molecule has 1 aliphatic rings. The number of hydrogen-bond acceptors (Lipinski definition) is 3. The lowest BCUT2D eigenvalue weighted by molar-refractivity contribution is 0.0795. The number of amides is 1. The molecule has 1 aromatic carbocycles. The van der Waals surface area contributed by atoms with E-state index in [2.05, 4.69) is 0 Å². The summed E-state index contributed by atoms with van der Waals surface area (Å²) in [5, 5.41) is 0. The number of halogens is 1. The first kappa shape index (κ1) is 14.2. The van der Waals surface area contributed by atoms with Crippen LogP contribution in [0.15, 0.2) is 30.3 Å². The fourth-order valence-corrected chi connectivity index (χ4v) is 3.75. The van der Waals surface area contributed by atoms with Crippen LogP contribution in [0.25, 0.3) is 10.4 Å². The molecule has 0 spiro atoms. The zero-order chi connectivity index (χ0) is 15.0. The minimum Gasteiger partial charge on any atom is -0.336 e. The maximum absolute atomic E-state index is 13.0. The maximum Gasteiger partial charge on any atom is 0.264 e. The van der Waals surface area contributed by atoms with E-state index in [1.807, 2.05) is 17.9 Å². The Hall–Kier alpha value is -1.72. The molecular weight excluding hydrogens is 287 g/mol. The number of nitrogens with zero attached hydrogens (tertiary/aromatic N) is 1. The summed E-state index contributed by atoms with van der Waals surface area (Å²) in [6.07, 6.45) is 0.862. The molecule has 1 atom stereocenters. The molecule has 2 heterocycles. The van der Waals surface area contributed by atoms with Crippen LogP contribution in [0.3, 0.4) is 0 Å². The van der Waals surface area contributed by atoms with Gasteiger partial charge in [0.25, 0.3) is 5.91 Å². The van der Waals surface area contributed by atoms with Crippen LogP contribution in [0.4, 0.5) is 4.39 Å². The first-order chi connectivity index (χ1) is 10.0. The number of benzene rings is 1. The first-order valence-electron chi connectivity index (χ1n) is 6.96. The summed E-state index contributed by atoms with van der Waals surface area (Å²) >= 11 is 1.46. The largest absolute Gasteiger partial charge is 0.336 e. The van der Waals surface area contributed by atoms with Gasteiger partial charge >= 0.3 is 0 Å². The predicted molar refractivity (Wildman–Crippen MR) is 82.9 cm³/mol. The summed E-state index contributed by atoms with van der Waals surface area (Å²) in [4.78, 5) is 16.0. The number of thiophene rings is 1. The number of nitrogens with two attached hydrogens (primary N) is 1. The van der Waals surface area contributed by atoms with Crippen molar-refractivity contribution >= 4 is 17.2 Å². The van der Waals surface area contributed by atoms with E-state index in [4.69, 9.17) is 5.73 Å². The molecule has 3 rings (SSSR count). The molecule has 3 nitrogen and oxygen atoms in total. The van der Waals surface area contributed by atoms with E-state index >= 15 is 0 Å². The molecule has 21 heavy (non-hydrogen) atoms. The summed E-state index contributed by atoms with van der Waals surface area (Å²) in [5.41, 5.74) is 7.84. The van der Waals surface area contributed by atoms with Crippen LogP contribution in [0, 0.1) is 12.7 Å². The van der Waals surface area contributed by atoms with Gasteiger partial charge in [-0.2, -0.15) is 0 Å². The molecule has 110 valence electrons. The molecule has 2 N–H and O–H groups in total. The maximum atomic E-state index is 13.0. The van der Waals surface area contributed by atoms with Gasteiger partial charge in [-0.1, -0.05) is 12.1 Å². The van der Waals surface area contributed by atoms with Crippen LogP contribution in [0.5, 0.6) is 0 Å². The normalized spacial score (nSPS) is 18.2. The summed E-state index contributed by atoms with van der Waals surface area (Å²) in [7, 11) is 0. The Kier molecular flexibility index (Phi) is 3.78. The van der Waals surface area contributed by atoms with Gasteiger partial charge < -0.3 is 10.6 Å². The average Bonchev–Trinajstić information content (AvgIpc) is 3.05. The highest BCUT2D eigenvalue weighted by Gasteiger charge is 2.26. The SMILES string of the molecule is Cc1cc(C(=O)N2CCC(N)C2)sc1-c1ccc(F)cc1.